The number of carbonyl (C=O) groups excluding carboxylic acids is 3. The van der Waals surface area contributed by atoms with Gasteiger partial charge in [0.05, 0.1) is 0 Å². The van der Waals surface area contributed by atoms with Gasteiger partial charge in [-0.1, -0.05) is 18.2 Å². The minimum atomic E-state index is -0.0802. The molecule has 29 heavy (non-hydrogen) atoms. The van der Waals surface area contributed by atoms with E-state index in [9.17, 15) is 14.4 Å². The van der Waals surface area contributed by atoms with Crippen molar-refractivity contribution in [3.63, 3.8) is 0 Å². The number of rotatable bonds is 3. The lowest BCUT2D eigenvalue weighted by Gasteiger charge is -2.31. The van der Waals surface area contributed by atoms with Gasteiger partial charge in [0.15, 0.2) is 0 Å². The van der Waals surface area contributed by atoms with Crippen LogP contribution in [0.25, 0.3) is 0 Å². The van der Waals surface area contributed by atoms with Crippen molar-refractivity contribution in [2.75, 3.05) is 29.9 Å². The van der Waals surface area contributed by atoms with Crippen LogP contribution in [0.1, 0.15) is 35.7 Å². The van der Waals surface area contributed by atoms with Crippen LogP contribution in [-0.2, 0) is 16.0 Å². The number of nitrogens with one attached hydrogen (secondary N) is 1. The van der Waals surface area contributed by atoms with Crippen LogP contribution >= 0.6 is 0 Å². The van der Waals surface area contributed by atoms with Gasteiger partial charge in [0.1, 0.15) is 0 Å². The Morgan fingerprint density at radius 3 is 2.38 bits per heavy atom. The van der Waals surface area contributed by atoms with Crippen molar-refractivity contribution >= 4 is 29.1 Å². The number of likely N-dealkylation sites (tertiary alicyclic amines) is 1. The summed E-state index contributed by atoms with van der Waals surface area (Å²) in [5.41, 5.74) is 3.41. The third kappa shape index (κ3) is 4.01. The molecule has 2 aromatic carbocycles. The van der Waals surface area contributed by atoms with Gasteiger partial charge in [-0.3, -0.25) is 14.4 Å². The summed E-state index contributed by atoms with van der Waals surface area (Å²) in [6.45, 7) is 3.38. The number of para-hydroxylation sites is 1. The lowest BCUT2D eigenvalue weighted by Crippen LogP contribution is -2.41. The van der Waals surface area contributed by atoms with E-state index in [0.29, 0.717) is 38.0 Å². The van der Waals surface area contributed by atoms with Crippen molar-refractivity contribution in [2.24, 2.45) is 5.92 Å². The Bertz CT molecular complexity index is 934. The summed E-state index contributed by atoms with van der Waals surface area (Å²) in [7, 11) is 0. The zero-order chi connectivity index (χ0) is 20.4. The van der Waals surface area contributed by atoms with Gasteiger partial charge < -0.3 is 15.1 Å². The van der Waals surface area contributed by atoms with Crippen molar-refractivity contribution in [1.29, 1.82) is 0 Å². The summed E-state index contributed by atoms with van der Waals surface area (Å²) < 4.78 is 0. The Labute approximate surface area is 170 Å². The van der Waals surface area contributed by atoms with Crippen molar-refractivity contribution in [3.8, 4) is 0 Å². The molecule has 0 spiro atoms. The van der Waals surface area contributed by atoms with E-state index in [2.05, 4.69) is 5.32 Å². The van der Waals surface area contributed by atoms with E-state index in [1.807, 2.05) is 47.4 Å². The highest BCUT2D eigenvalue weighted by Crippen LogP contribution is 2.30. The molecule has 2 aliphatic heterocycles. The number of benzene rings is 2. The van der Waals surface area contributed by atoms with E-state index in [1.54, 1.807) is 17.9 Å². The Kier molecular flexibility index (Phi) is 5.34. The summed E-state index contributed by atoms with van der Waals surface area (Å²) in [6, 6.07) is 15.0. The van der Waals surface area contributed by atoms with Gasteiger partial charge in [0.2, 0.25) is 11.8 Å². The molecule has 0 atom stereocenters. The molecule has 3 amide bonds. The number of anilines is 2. The number of fused-ring (bicyclic) bond motifs is 1. The first-order valence-electron chi connectivity index (χ1n) is 10.1. The van der Waals surface area contributed by atoms with Crippen molar-refractivity contribution in [3.05, 3.63) is 59.7 Å². The molecule has 1 saturated heterocycles. The van der Waals surface area contributed by atoms with E-state index in [-0.39, 0.29) is 23.6 Å². The normalized spacial score (nSPS) is 16.4. The summed E-state index contributed by atoms with van der Waals surface area (Å²) in [5, 5.41) is 2.95. The second-order valence-corrected chi connectivity index (χ2v) is 7.69. The van der Waals surface area contributed by atoms with Gasteiger partial charge in [0.25, 0.3) is 5.91 Å². The quantitative estimate of drug-likeness (QED) is 0.874. The second-order valence-electron chi connectivity index (χ2n) is 7.69. The van der Waals surface area contributed by atoms with Gasteiger partial charge in [-0.05, 0) is 55.2 Å². The average Bonchev–Trinajstić information content (AvgIpc) is 3.17. The van der Waals surface area contributed by atoms with Gasteiger partial charge in [-0.25, -0.2) is 0 Å². The number of hydrogen-bond donors (Lipinski definition) is 1. The van der Waals surface area contributed by atoms with Crippen molar-refractivity contribution in [2.45, 2.75) is 26.2 Å². The zero-order valence-electron chi connectivity index (χ0n) is 16.6. The fourth-order valence-corrected chi connectivity index (χ4v) is 4.16. The Morgan fingerprint density at radius 2 is 1.69 bits per heavy atom. The fraction of sp³-hybridized carbons (Fsp3) is 0.348. The molecule has 6 nitrogen and oxygen atoms in total. The molecule has 0 unspecified atom stereocenters. The summed E-state index contributed by atoms with van der Waals surface area (Å²) in [6.07, 6.45) is 2.10. The molecule has 0 radical (unpaired) electrons. The molecule has 2 aromatic rings. The first kappa shape index (κ1) is 19.2. The van der Waals surface area contributed by atoms with E-state index in [4.69, 9.17) is 0 Å². The predicted molar refractivity (Wildman–Crippen MR) is 112 cm³/mol. The number of hydrogen-bond acceptors (Lipinski definition) is 3. The monoisotopic (exact) mass is 391 g/mol. The minimum Gasteiger partial charge on any atom is -0.339 e. The van der Waals surface area contributed by atoms with Gasteiger partial charge in [0, 0.05) is 49.4 Å². The maximum Gasteiger partial charge on any atom is 0.253 e. The second kappa shape index (κ2) is 8.07. The van der Waals surface area contributed by atoms with Crippen LogP contribution in [0, 0.1) is 5.92 Å². The predicted octanol–water partition coefficient (Wildman–Crippen LogP) is 3.09. The molecule has 2 heterocycles. The lowest BCUT2D eigenvalue weighted by atomic mass is 9.95. The van der Waals surface area contributed by atoms with Crippen LogP contribution in [0.2, 0.25) is 0 Å². The van der Waals surface area contributed by atoms with Gasteiger partial charge in [-0.15, -0.1) is 0 Å². The molecule has 150 valence electrons. The average molecular weight is 391 g/mol. The molecule has 4 rings (SSSR count). The van der Waals surface area contributed by atoms with E-state index in [0.717, 1.165) is 23.4 Å². The summed E-state index contributed by atoms with van der Waals surface area (Å²) in [4.78, 5) is 40.7. The van der Waals surface area contributed by atoms with Crippen LogP contribution in [0.15, 0.2) is 48.5 Å². The standard InChI is InChI=1S/C23H25N3O3/c1-16(27)26-14-11-18-15-19(7-8-21(18)26)23(29)25-12-9-17(10-13-25)22(28)24-20-5-3-2-4-6-20/h2-8,15,17H,9-14H2,1H3,(H,24,28). The third-order valence-corrected chi connectivity index (χ3v) is 5.80. The maximum atomic E-state index is 12.9. The molecule has 6 heteroatoms. The number of carbonyl (C=O) groups is 3. The van der Waals surface area contributed by atoms with Crippen LogP contribution in [-0.4, -0.2) is 42.3 Å². The maximum absolute atomic E-state index is 12.9. The summed E-state index contributed by atoms with van der Waals surface area (Å²) in [5.74, 6) is -0.0387. The Balaban J connectivity index is 1.36. The molecule has 0 bridgehead atoms. The molecular weight excluding hydrogens is 366 g/mol. The van der Waals surface area contributed by atoms with E-state index < -0.39 is 0 Å². The van der Waals surface area contributed by atoms with Crippen molar-refractivity contribution in [1.82, 2.24) is 4.90 Å². The van der Waals surface area contributed by atoms with Gasteiger partial charge >= 0.3 is 0 Å². The molecule has 1 N–H and O–H groups in total. The molecule has 1 fully saturated rings. The largest absolute Gasteiger partial charge is 0.339 e. The smallest absolute Gasteiger partial charge is 0.253 e. The minimum absolute atomic E-state index is 0.00371. The fourth-order valence-electron chi connectivity index (χ4n) is 4.16. The Hall–Kier alpha value is -3.15. The van der Waals surface area contributed by atoms with E-state index >= 15 is 0 Å². The first-order chi connectivity index (χ1) is 14.0. The molecule has 2 aliphatic rings. The Morgan fingerprint density at radius 1 is 0.966 bits per heavy atom. The van der Waals surface area contributed by atoms with Crippen LogP contribution < -0.4 is 10.2 Å². The van der Waals surface area contributed by atoms with E-state index in [1.165, 1.54) is 0 Å². The highest BCUT2D eigenvalue weighted by Gasteiger charge is 2.29. The van der Waals surface area contributed by atoms with Crippen molar-refractivity contribution < 1.29 is 14.4 Å². The summed E-state index contributed by atoms with van der Waals surface area (Å²) >= 11 is 0. The van der Waals surface area contributed by atoms with Crippen LogP contribution in [0.3, 0.4) is 0 Å². The molecule has 0 saturated carbocycles. The third-order valence-electron chi connectivity index (χ3n) is 5.80. The zero-order valence-corrected chi connectivity index (χ0v) is 16.6. The lowest BCUT2D eigenvalue weighted by molar-refractivity contribution is -0.121. The number of piperidine rings is 1. The molecule has 0 aromatic heterocycles. The number of amides is 3. The highest BCUT2D eigenvalue weighted by atomic mass is 16.2. The molecular formula is C23H25N3O3. The van der Waals surface area contributed by atoms with Crippen LogP contribution in [0.4, 0.5) is 11.4 Å². The number of nitrogens with zero attached hydrogens (tertiary/aromatic N) is 2. The van der Waals surface area contributed by atoms with Gasteiger partial charge in [-0.2, -0.15) is 0 Å². The topological polar surface area (TPSA) is 69.7 Å². The first-order valence-corrected chi connectivity index (χ1v) is 10.1. The van der Waals surface area contributed by atoms with Crippen LogP contribution in [0.5, 0.6) is 0 Å². The SMILES string of the molecule is CC(=O)N1CCc2cc(C(=O)N3CCC(C(=O)Nc4ccccc4)CC3)ccc21. The molecule has 0 aliphatic carbocycles. The highest BCUT2D eigenvalue weighted by molar-refractivity contribution is 5.98.